The van der Waals surface area contributed by atoms with E-state index in [9.17, 15) is 28.4 Å². The third-order valence-corrected chi connectivity index (χ3v) is 13.3. The standard InChI is InChI=1S/C46H46ClN7O7S/c1-45(2)18-16-38(37(25-45)30-10-12-32(47)13-11-30)46(3)28-48-20-21-53(46)40-9-5-8-36(42(40)61-34-23-31-17-19-49-43(31)51-27-34)44(56)52-62(59,60)35-14-15-39(41(24-35)54(57)58)50-26-29-6-4-7-33(55)22-29/h4-15,17,19,22-24,27,48,50,55H,16,18,20-21,25-26,28H2,1-3H3,(H,49,51)(H,52,56). The van der Waals surface area contributed by atoms with Gasteiger partial charge in [-0.25, -0.2) is 18.1 Å². The molecule has 1 unspecified atom stereocenters. The van der Waals surface area contributed by atoms with Crippen molar-refractivity contribution in [1.29, 1.82) is 0 Å². The zero-order valence-corrected chi connectivity index (χ0v) is 35.9. The molecule has 1 amide bonds. The number of nitro benzene ring substituents is 1. The van der Waals surface area contributed by atoms with Crippen LogP contribution >= 0.6 is 11.6 Å². The Morgan fingerprint density at radius 1 is 1.03 bits per heavy atom. The number of halogens is 1. The zero-order chi connectivity index (χ0) is 43.8. The molecule has 4 aromatic carbocycles. The van der Waals surface area contributed by atoms with Crippen LogP contribution in [0.1, 0.15) is 61.5 Å². The topological polar surface area (TPSA) is 192 Å². The van der Waals surface area contributed by atoms with Crippen LogP contribution in [-0.2, 0) is 16.6 Å². The number of benzene rings is 4. The summed E-state index contributed by atoms with van der Waals surface area (Å²) >= 11 is 6.35. The third kappa shape index (κ3) is 8.69. The molecule has 5 N–H and O–H groups in total. The van der Waals surface area contributed by atoms with Gasteiger partial charge in [-0.3, -0.25) is 14.9 Å². The Bertz CT molecular complexity index is 2840. The fraction of sp³-hybridized carbons (Fsp3) is 0.261. The van der Waals surface area contributed by atoms with Gasteiger partial charge < -0.3 is 30.4 Å². The summed E-state index contributed by atoms with van der Waals surface area (Å²) in [5.74, 6) is -0.525. The molecule has 0 saturated carbocycles. The molecule has 1 aliphatic carbocycles. The van der Waals surface area contributed by atoms with E-state index in [4.69, 9.17) is 16.3 Å². The lowest BCUT2D eigenvalue weighted by atomic mass is 9.67. The van der Waals surface area contributed by atoms with E-state index in [1.807, 2.05) is 24.3 Å². The van der Waals surface area contributed by atoms with Crippen molar-refractivity contribution >= 4 is 61.2 Å². The molecule has 0 bridgehead atoms. The van der Waals surface area contributed by atoms with Gasteiger partial charge in [-0.2, -0.15) is 0 Å². The lowest BCUT2D eigenvalue weighted by Crippen LogP contribution is -2.61. The predicted octanol–water partition coefficient (Wildman–Crippen LogP) is 9.19. The Morgan fingerprint density at radius 2 is 1.82 bits per heavy atom. The smallest absolute Gasteiger partial charge is 0.293 e. The van der Waals surface area contributed by atoms with Gasteiger partial charge in [0.25, 0.3) is 21.6 Å². The quantitative estimate of drug-likeness (QED) is 0.0582. The number of amides is 1. The zero-order valence-electron chi connectivity index (χ0n) is 34.4. The van der Waals surface area contributed by atoms with Crippen LogP contribution in [0.15, 0.2) is 120 Å². The van der Waals surface area contributed by atoms with E-state index in [0.29, 0.717) is 47.3 Å². The first-order valence-corrected chi connectivity index (χ1v) is 22.0. The Morgan fingerprint density at radius 3 is 2.60 bits per heavy atom. The minimum absolute atomic E-state index is 0.0319. The monoisotopic (exact) mass is 875 g/mol. The van der Waals surface area contributed by atoms with E-state index in [-0.39, 0.29) is 34.7 Å². The molecule has 2 aliphatic rings. The Balaban J connectivity index is 1.18. The number of nitrogens with one attached hydrogen (secondary N) is 4. The molecule has 0 spiro atoms. The number of pyridine rings is 1. The number of H-pyrrole nitrogens is 1. The highest BCUT2D eigenvalue weighted by Crippen LogP contribution is 2.50. The van der Waals surface area contributed by atoms with E-state index in [1.165, 1.54) is 47.7 Å². The number of aromatic nitrogens is 2. The summed E-state index contributed by atoms with van der Waals surface area (Å²) in [7, 11) is -4.67. The highest BCUT2D eigenvalue weighted by Gasteiger charge is 2.44. The molecule has 1 atom stereocenters. The van der Waals surface area contributed by atoms with Crippen molar-refractivity contribution < 1.29 is 28.0 Å². The second-order valence-corrected chi connectivity index (χ2v) is 18.8. The number of carbonyl (C=O) groups excluding carboxylic acids is 1. The van der Waals surface area contributed by atoms with Gasteiger partial charge in [-0.05, 0) is 115 Å². The van der Waals surface area contributed by atoms with Crippen LogP contribution in [0.3, 0.4) is 0 Å². The van der Waals surface area contributed by atoms with Crippen molar-refractivity contribution in [2.24, 2.45) is 5.41 Å². The number of piperazine rings is 1. The van der Waals surface area contributed by atoms with Crippen molar-refractivity contribution in [1.82, 2.24) is 20.0 Å². The number of hydrogen-bond acceptors (Lipinski definition) is 11. The molecule has 62 heavy (non-hydrogen) atoms. The van der Waals surface area contributed by atoms with Crippen molar-refractivity contribution in [2.45, 2.75) is 57.0 Å². The van der Waals surface area contributed by atoms with E-state index in [2.05, 4.69) is 63.1 Å². The molecule has 6 aromatic rings. The fourth-order valence-corrected chi connectivity index (χ4v) is 9.64. The van der Waals surface area contributed by atoms with Crippen LogP contribution < -0.4 is 25.0 Å². The number of ether oxygens (including phenoxy) is 1. The van der Waals surface area contributed by atoms with Crippen LogP contribution in [0.25, 0.3) is 16.6 Å². The Labute approximate surface area is 364 Å². The number of phenols is 1. The molecule has 1 saturated heterocycles. The summed E-state index contributed by atoms with van der Waals surface area (Å²) in [4.78, 5) is 35.2. The number of allylic oxidation sites excluding steroid dienone is 1. The lowest BCUT2D eigenvalue weighted by Gasteiger charge is -2.51. The first kappa shape index (κ1) is 42.3. The number of rotatable bonds is 12. The van der Waals surface area contributed by atoms with Gasteiger partial charge >= 0.3 is 0 Å². The molecule has 14 nitrogen and oxygen atoms in total. The highest BCUT2D eigenvalue weighted by molar-refractivity contribution is 7.90. The number of para-hydroxylation sites is 1. The van der Waals surface area contributed by atoms with Gasteiger partial charge in [0.2, 0.25) is 0 Å². The maximum absolute atomic E-state index is 14.4. The van der Waals surface area contributed by atoms with Gasteiger partial charge in [0.1, 0.15) is 22.8 Å². The highest BCUT2D eigenvalue weighted by atomic mass is 35.5. The van der Waals surface area contributed by atoms with Crippen molar-refractivity contribution in [3.05, 3.63) is 147 Å². The van der Waals surface area contributed by atoms with Gasteiger partial charge in [-0.1, -0.05) is 55.8 Å². The number of phenolic OH excluding ortho intramolecular Hbond substituents is 1. The molecule has 1 aliphatic heterocycles. The summed E-state index contributed by atoms with van der Waals surface area (Å²) in [5, 5.41) is 30.0. The number of aromatic amines is 1. The van der Waals surface area contributed by atoms with E-state index in [0.717, 1.165) is 36.3 Å². The normalized spacial score (nSPS) is 17.8. The van der Waals surface area contributed by atoms with Gasteiger partial charge in [-0.15, -0.1) is 0 Å². The number of aromatic hydroxyl groups is 1. The van der Waals surface area contributed by atoms with E-state index >= 15 is 0 Å². The van der Waals surface area contributed by atoms with Crippen LogP contribution in [0.4, 0.5) is 17.1 Å². The van der Waals surface area contributed by atoms with Crippen LogP contribution in [0, 0.1) is 15.5 Å². The minimum atomic E-state index is -4.67. The number of carbonyl (C=O) groups is 1. The largest absolute Gasteiger partial charge is 0.508 e. The maximum Gasteiger partial charge on any atom is 0.293 e. The number of anilines is 2. The minimum Gasteiger partial charge on any atom is -0.508 e. The number of nitrogens with zero attached hydrogens (tertiary/aromatic N) is 3. The Kier molecular flexibility index (Phi) is 11.5. The number of sulfonamides is 1. The second-order valence-electron chi connectivity index (χ2n) is 16.6. The number of hydrogen-bond donors (Lipinski definition) is 5. The van der Waals surface area contributed by atoms with Crippen molar-refractivity contribution in [3.63, 3.8) is 0 Å². The number of nitro groups is 1. The summed E-state index contributed by atoms with van der Waals surface area (Å²) < 4.78 is 36.7. The molecular weight excluding hydrogens is 830 g/mol. The van der Waals surface area contributed by atoms with Crippen molar-refractivity contribution in [2.75, 3.05) is 29.9 Å². The van der Waals surface area contributed by atoms with Gasteiger partial charge in [0.15, 0.2) is 5.75 Å². The average Bonchev–Trinajstić information content (AvgIpc) is 3.71. The van der Waals surface area contributed by atoms with Crippen LogP contribution in [0.2, 0.25) is 5.02 Å². The molecule has 16 heteroatoms. The molecular formula is C46H46ClN7O7S. The van der Waals surface area contributed by atoms with Crippen LogP contribution in [0.5, 0.6) is 17.2 Å². The summed E-state index contributed by atoms with van der Waals surface area (Å²) in [6.45, 7) is 8.60. The average molecular weight is 876 g/mol. The fourth-order valence-electron chi connectivity index (χ4n) is 8.53. The molecule has 3 heterocycles. The SMILES string of the molecule is CC1(C)CCC(C2(C)CNCCN2c2cccc(C(=O)NS(=O)(=O)c3ccc(NCc4cccc(O)c4)c([N+](=O)[O-])c3)c2Oc2cnc3[nH]ccc3c2)=C(c2ccc(Cl)cc2)C1. The van der Waals surface area contributed by atoms with Gasteiger partial charge in [0.05, 0.1) is 32.8 Å². The summed E-state index contributed by atoms with van der Waals surface area (Å²) in [6, 6.07) is 26.3. The second kappa shape index (κ2) is 16.8. The number of fused-ring (bicyclic) bond motifs is 1. The molecule has 8 rings (SSSR count). The van der Waals surface area contributed by atoms with Crippen molar-refractivity contribution in [3.8, 4) is 17.2 Å². The summed E-state index contributed by atoms with van der Waals surface area (Å²) in [5.41, 5.74) is 4.30. The molecule has 1 fully saturated rings. The molecule has 320 valence electrons. The van der Waals surface area contributed by atoms with E-state index in [1.54, 1.807) is 30.5 Å². The lowest BCUT2D eigenvalue weighted by molar-refractivity contribution is -0.384. The summed E-state index contributed by atoms with van der Waals surface area (Å²) in [6.07, 6.45) is 5.90. The van der Waals surface area contributed by atoms with Crippen LogP contribution in [-0.4, -0.2) is 59.5 Å². The first-order valence-electron chi connectivity index (χ1n) is 20.2. The maximum atomic E-state index is 14.4. The van der Waals surface area contributed by atoms with Gasteiger partial charge in [0, 0.05) is 48.9 Å². The third-order valence-electron chi connectivity index (χ3n) is 11.7. The molecule has 2 aromatic heterocycles. The molecule has 0 radical (unpaired) electrons. The van der Waals surface area contributed by atoms with E-state index < -0.39 is 37.0 Å². The predicted molar refractivity (Wildman–Crippen MR) is 240 cm³/mol. The first-order chi connectivity index (χ1) is 29.6. The Hall–Kier alpha value is -6.42.